The summed E-state index contributed by atoms with van der Waals surface area (Å²) in [4.78, 5) is 27.2. The smallest absolute Gasteiger partial charge is 0.330 e. The van der Waals surface area contributed by atoms with E-state index in [0.717, 1.165) is 11.1 Å². The molecule has 24 heavy (non-hydrogen) atoms. The van der Waals surface area contributed by atoms with Gasteiger partial charge in [-0.3, -0.25) is 4.98 Å². The number of hydrogen-bond acceptors (Lipinski definition) is 5. The zero-order chi connectivity index (χ0) is 17.9. The molecule has 130 valence electrons. The van der Waals surface area contributed by atoms with Crippen molar-refractivity contribution in [3.05, 3.63) is 41.7 Å². The summed E-state index contributed by atoms with van der Waals surface area (Å²) >= 11 is 0. The average Bonchev–Trinajstić information content (AvgIpc) is 2.54. The van der Waals surface area contributed by atoms with Gasteiger partial charge in [-0.15, -0.1) is 0 Å². The molecular formula is C19H25NO4. The summed E-state index contributed by atoms with van der Waals surface area (Å²) < 4.78 is 10.1. The zero-order valence-electron chi connectivity index (χ0n) is 14.7. The van der Waals surface area contributed by atoms with Crippen LogP contribution in [0.4, 0.5) is 0 Å². The van der Waals surface area contributed by atoms with Crippen LogP contribution in [0.15, 0.2) is 30.6 Å². The van der Waals surface area contributed by atoms with Gasteiger partial charge in [-0.05, 0) is 41.2 Å². The summed E-state index contributed by atoms with van der Waals surface area (Å²) in [6, 6.07) is 1.81. The molecule has 0 fully saturated rings. The Morgan fingerprint density at radius 2 is 1.33 bits per heavy atom. The number of ether oxygens (including phenoxy) is 2. The second-order valence-electron chi connectivity index (χ2n) is 6.27. The molecule has 1 rings (SSSR count). The lowest BCUT2D eigenvalue weighted by atomic mass is 10.2. The lowest BCUT2D eigenvalue weighted by Gasteiger charge is -2.04. The van der Waals surface area contributed by atoms with Crippen molar-refractivity contribution in [2.45, 2.75) is 27.7 Å². The average molecular weight is 331 g/mol. The Morgan fingerprint density at radius 1 is 0.917 bits per heavy atom. The van der Waals surface area contributed by atoms with Crippen molar-refractivity contribution >= 4 is 24.1 Å². The molecule has 0 aliphatic heterocycles. The van der Waals surface area contributed by atoms with Crippen molar-refractivity contribution in [1.82, 2.24) is 4.98 Å². The lowest BCUT2D eigenvalue weighted by molar-refractivity contribution is -0.139. The number of esters is 2. The van der Waals surface area contributed by atoms with E-state index in [9.17, 15) is 9.59 Å². The molecule has 1 aromatic heterocycles. The Morgan fingerprint density at radius 3 is 1.71 bits per heavy atom. The SMILES string of the molecule is CC(C)COC(=O)/C=C/c1cncc(/C=C/C(=O)OCC(C)C)c1. The van der Waals surface area contributed by atoms with Gasteiger partial charge in [-0.1, -0.05) is 27.7 Å². The molecule has 0 saturated carbocycles. The third kappa shape index (κ3) is 8.88. The Labute approximate surface area is 143 Å². The highest BCUT2D eigenvalue weighted by atomic mass is 16.5. The largest absolute Gasteiger partial charge is 0.462 e. The summed E-state index contributed by atoms with van der Waals surface area (Å²) in [5.41, 5.74) is 1.49. The van der Waals surface area contributed by atoms with Gasteiger partial charge in [0.2, 0.25) is 0 Å². The van der Waals surface area contributed by atoms with E-state index in [1.165, 1.54) is 12.2 Å². The van der Waals surface area contributed by atoms with Crippen LogP contribution in [-0.2, 0) is 19.1 Å². The molecule has 5 nitrogen and oxygen atoms in total. The molecule has 0 bridgehead atoms. The molecule has 0 unspecified atom stereocenters. The molecule has 0 amide bonds. The Balaban J connectivity index is 2.60. The topological polar surface area (TPSA) is 65.5 Å². The Bertz CT molecular complexity index is 554. The molecule has 0 spiro atoms. The number of hydrogen-bond donors (Lipinski definition) is 0. The van der Waals surface area contributed by atoms with Crippen molar-refractivity contribution in [2.24, 2.45) is 11.8 Å². The third-order valence-corrected chi connectivity index (χ3v) is 2.72. The summed E-state index contributed by atoms with van der Waals surface area (Å²) in [6.07, 6.45) is 9.24. The van der Waals surface area contributed by atoms with Crippen LogP contribution in [0.2, 0.25) is 0 Å². The third-order valence-electron chi connectivity index (χ3n) is 2.72. The summed E-state index contributed by atoms with van der Waals surface area (Å²) in [5, 5.41) is 0. The fourth-order valence-electron chi connectivity index (χ4n) is 1.58. The molecule has 0 N–H and O–H groups in total. The summed E-state index contributed by atoms with van der Waals surface area (Å²) in [6.45, 7) is 8.68. The van der Waals surface area contributed by atoms with E-state index < -0.39 is 0 Å². The highest BCUT2D eigenvalue weighted by molar-refractivity contribution is 5.88. The van der Waals surface area contributed by atoms with Crippen LogP contribution in [0.3, 0.4) is 0 Å². The van der Waals surface area contributed by atoms with Gasteiger partial charge in [0.05, 0.1) is 13.2 Å². The van der Waals surface area contributed by atoms with Crippen molar-refractivity contribution in [1.29, 1.82) is 0 Å². The van der Waals surface area contributed by atoms with Gasteiger partial charge < -0.3 is 9.47 Å². The highest BCUT2D eigenvalue weighted by Crippen LogP contribution is 2.07. The minimum atomic E-state index is -0.387. The van der Waals surface area contributed by atoms with Gasteiger partial charge in [0.1, 0.15) is 0 Å². The van der Waals surface area contributed by atoms with Gasteiger partial charge >= 0.3 is 11.9 Å². The maximum Gasteiger partial charge on any atom is 0.330 e. The molecule has 5 heteroatoms. The van der Waals surface area contributed by atoms with Crippen LogP contribution in [0.1, 0.15) is 38.8 Å². The van der Waals surface area contributed by atoms with E-state index in [1.807, 2.05) is 33.8 Å². The molecule has 1 aromatic rings. The van der Waals surface area contributed by atoms with Gasteiger partial charge in [0, 0.05) is 24.5 Å². The van der Waals surface area contributed by atoms with E-state index in [2.05, 4.69) is 4.98 Å². The number of nitrogens with zero attached hydrogens (tertiary/aromatic N) is 1. The number of aromatic nitrogens is 1. The van der Waals surface area contributed by atoms with Crippen LogP contribution in [-0.4, -0.2) is 30.1 Å². The quantitative estimate of drug-likeness (QED) is 0.539. The second kappa shape index (κ2) is 10.4. The fraction of sp³-hybridized carbons (Fsp3) is 0.421. The number of rotatable bonds is 8. The first-order valence-corrected chi connectivity index (χ1v) is 8.01. The van der Waals surface area contributed by atoms with E-state index >= 15 is 0 Å². The lowest BCUT2D eigenvalue weighted by Crippen LogP contribution is -2.07. The van der Waals surface area contributed by atoms with Gasteiger partial charge in [0.15, 0.2) is 0 Å². The molecule has 0 radical (unpaired) electrons. The zero-order valence-corrected chi connectivity index (χ0v) is 14.7. The van der Waals surface area contributed by atoms with E-state index in [-0.39, 0.29) is 11.9 Å². The van der Waals surface area contributed by atoms with Crippen molar-refractivity contribution < 1.29 is 19.1 Å². The van der Waals surface area contributed by atoms with Crippen molar-refractivity contribution in [3.63, 3.8) is 0 Å². The van der Waals surface area contributed by atoms with Gasteiger partial charge in [-0.2, -0.15) is 0 Å². The molecule has 0 aliphatic carbocycles. The van der Waals surface area contributed by atoms with E-state index in [4.69, 9.17) is 9.47 Å². The van der Waals surface area contributed by atoms with Crippen molar-refractivity contribution in [2.75, 3.05) is 13.2 Å². The number of pyridine rings is 1. The maximum atomic E-state index is 11.5. The first-order valence-electron chi connectivity index (χ1n) is 8.01. The predicted octanol–water partition coefficient (Wildman–Crippen LogP) is 3.51. The molecule has 1 heterocycles. The number of carbonyl (C=O) groups excluding carboxylic acids is 2. The molecule has 0 aliphatic rings. The first-order chi connectivity index (χ1) is 11.4. The monoisotopic (exact) mass is 331 g/mol. The van der Waals surface area contributed by atoms with Crippen molar-refractivity contribution in [3.8, 4) is 0 Å². The highest BCUT2D eigenvalue weighted by Gasteiger charge is 2.01. The van der Waals surface area contributed by atoms with Gasteiger partial charge in [-0.25, -0.2) is 9.59 Å². The second-order valence-corrected chi connectivity index (χ2v) is 6.27. The molecule has 0 atom stereocenters. The molecular weight excluding hydrogens is 306 g/mol. The van der Waals surface area contributed by atoms with Gasteiger partial charge in [0.25, 0.3) is 0 Å². The maximum absolute atomic E-state index is 11.5. The minimum Gasteiger partial charge on any atom is -0.462 e. The number of carbonyl (C=O) groups is 2. The normalized spacial score (nSPS) is 11.6. The predicted molar refractivity (Wildman–Crippen MR) is 93.9 cm³/mol. The van der Waals surface area contributed by atoms with Crippen LogP contribution in [0.5, 0.6) is 0 Å². The minimum absolute atomic E-state index is 0.299. The Kier molecular flexibility index (Phi) is 8.47. The van der Waals surface area contributed by atoms with Crippen LogP contribution in [0.25, 0.3) is 12.2 Å². The standard InChI is InChI=1S/C19H25NO4/c1-14(2)12-23-18(21)7-5-16-9-17(11-20-10-16)6-8-19(22)24-13-15(3)4/h5-11,14-15H,12-13H2,1-4H3/b7-5+,8-6+. The summed E-state index contributed by atoms with van der Waals surface area (Å²) in [5.74, 6) is -0.176. The summed E-state index contributed by atoms with van der Waals surface area (Å²) in [7, 11) is 0. The van der Waals surface area contributed by atoms with E-state index in [0.29, 0.717) is 25.0 Å². The first kappa shape index (κ1) is 19.6. The van der Waals surface area contributed by atoms with Crippen LogP contribution < -0.4 is 0 Å². The Hall–Kier alpha value is -2.43. The van der Waals surface area contributed by atoms with Crippen LogP contribution in [0, 0.1) is 11.8 Å². The van der Waals surface area contributed by atoms with E-state index in [1.54, 1.807) is 24.5 Å². The fourth-order valence-corrected chi connectivity index (χ4v) is 1.58. The molecule has 0 aromatic carbocycles. The van der Waals surface area contributed by atoms with Crippen LogP contribution >= 0.6 is 0 Å². The molecule has 0 saturated heterocycles.